The molecule has 0 radical (unpaired) electrons. The summed E-state index contributed by atoms with van der Waals surface area (Å²) in [5, 5.41) is 9.71. The van der Waals surface area contributed by atoms with E-state index in [2.05, 4.69) is 4.90 Å². The van der Waals surface area contributed by atoms with Gasteiger partial charge in [0.15, 0.2) is 11.5 Å². The van der Waals surface area contributed by atoms with Crippen LogP contribution in [0.2, 0.25) is 0 Å². The van der Waals surface area contributed by atoms with E-state index in [9.17, 15) is 5.11 Å². The predicted octanol–water partition coefficient (Wildman–Crippen LogP) is 0.958. The summed E-state index contributed by atoms with van der Waals surface area (Å²) in [5.74, 6) is 0.681. The number of phenolic OH excluding ortho intramolecular Hbond substituents is 1. The third-order valence-electron chi connectivity index (χ3n) is 4.02. The average Bonchev–Trinajstić information content (AvgIpc) is 2.40. The topological polar surface area (TPSA) is 51.2 Å². The Balaban J connectivity index is 1.92. The Morgan fingerprint density at radius 3 is 2.53 bits per heavy atom. The fourth-order valence-electron chi connectivity index (χ4n) is 2.79. The molecule has 104 valence electrons. The van der Waals surface area contributed by atoms with Crippen molar-refractivity contribution in [3.8, 4) is 11.5 Å². The maximum atomic E-state index is 9.71. The molecule has 0 unspecified atom stereocenters. The smallest absolute Gasteiger partial charge is 0.160 e. The quantitative estimate of drug-likeness (QED) is 0.882. The second-order valence-electron chi connectivity index (χ2n) is 5.01. The van der Waals surface area contributed by atoms with Crippen molar-refractivity contribution in [1.82, 2.24) is 4.90 Å². The van der Waals surface area contributed by atoms with Gasteiger partial charge in [-0.3, -0.25) is 4.90 Å². The van der Waals surface area contributed by atoms with Gasteiger partial charge in [-0.1, -0.05) is 6.07 Å². The average molecular weight is 265 g/mol. The monoisotopic (exact) mass is 265 g/mol. The summed E-state index contributed by atoms with van der Waals surface area (Å²) in [4.78, 5) is 2.41. The predicted molar refractivity (Wildman–Crippen MR) is 69.5 cm³/mol. The van der Waals surface area contributed by atoms with Gasteiger partial charge in [-0.15, -0.1) is 0 Å². The molecule has 0 aliphatic carbocycles. The number of hydrogen-bond acceptors (Lipinski definition) is 5. The molecule has 19 heavy (non-hydrogen) atoms. The fraction of sp³-hybridized carbons (Fsp3) is 0.571. The van der Waals surface area contributed by atoms with Crippen molar-refractivity contribution in [2.24, 2.45) is 0 Å². The Kier molecular flexibility index (Phi) is 3.35. The summed E-state index contributed by atoms with van der Waals surface area (Å²) in [5.41, 5.74) is 1.04. The zero-order chi connectivity index (χ0) is 13.3. The number of benzene rings is 1. The van der Waals surface area contributed by atoms with Crippen LogP contribution in [-0.2, 0) is 15.0 Å². The summed E-state index contributed by atoms with van der Waals surface area (Å²) < 4.78 is 16.1. The van der Waals surface area contributed by atoms with E-state index >= 15 is 0 Å². The Morgan fingerprint density at radius 1 is 1.21 bits per heavy atom. The van der Waals surface area contributed by atoms with Gasteiger partial charge in [0.2, 0.25) is 0 Å². The van der Waals surface area contributed by atoms with Crippen LogP contribution in [-0.4, -0.2) is 56.6 Å². The number of morpholine rings is 1. The third-order valence-corrected chi connectivity index (χ3v) is 4.02. The molecule has 0 aromatic heterocycles. The molecule has 0 atom stereocenters. The number of ether oxygens (including phenoxy) is 3. The lowest BCUT2D eigenvalue weighted by Gasteiger charge is -2.51. The number of phenols is 1. The first-order valence-corrected chi connectivity index (χ1v) is 6.54. The highest BCUT2D eigenvalue weighted by Gasteiger charge is 2.46. The van der Waals surface area contributed by atoms with Crippen molar-refractivity contribution >= 4 is 0 Å². The molecule has 2 saturated heterocycles. The van der Waals surface area contributed by atoms with Crippen molar-refractivity contribution in [2.75, 3.05) is 46.6 Å². The van der Waals surface area contributed by atoms with Crippen LogP contribution in [0.4, 0.5) is 0 Å². The molecule has 0 saturated carbocycles. The van der Waals surface area contributed by atoms with E-state index in [-0.39, 0.29) is 11.3 Å². The lowest BCUT2D eigenvalue weighted by atomic mass is 9.85. The number of aromatic hydroxyl groups is 1. The van der Waals surface area contributed by atoms with Crippen LogP contribution in [0.3, 0.4) is 0 Å². The van der Waals surface area contributed by atoms with Crippen LogP contribution in [0.15, 0.2) is 18.2 Å². The van der Waals surface area contributed by atoms with Crippen LogP contribution >= 0.6 is 0 Å². The van der Waals surface area contributed by atoms with Gasteiger partial charge >= 0.3 is 0 Å². The van der Waals surface area contributed by atoms with Crippen molar-refractivity contribution in [3.05, 3.63) is 23.8 Å². The highest BCUT2D eigenvalue weighted by atomic mass is 16.5. The van der Waals surface area contributed by atoms with Crippen molar-refractivity contribution < 1.29 is 19.3 Å². The minimum Gasteiger partial charge on any atom is -0.504 e. The minimum absolute atomic E-state index is 0.0925. The largest absolute Gasteiger partial charge is 0.504 e. The van der Waals surface area contributed by atoms with Gasteiger partial charge in [-0.2, -0.15) is 0 Å². The molecule has 0 spiro atoms. The lowest BCUT2D eigenvalue weighted by Crippen LogP contribution is -2.62. The molecule has 3 rings (SSSR count). The first-order chi connectivity index (χ1) is 9.26. The number of methoxy groups -OCH3 is 1. The zero-order valence-electron chi connectivity index (χ0n) is 11.1. The van der Waals surface area contributed by atoms with Crippen LogP contribution in [0.1, 0.15) is 5.56 Å². The van der Waals surface area contributed by atoms with Crippen LogP contribution in [0, 0.1) is 0 Å². The van der Waals surface area contributed by atoms with Crippen LogP contribution in [0.25, 0.3) is 0 Å². The van der Waals surface area contributed by atoms with Gasteiger partial charge in [-0.25, -0.2) is 0 Å². The molecule has 2 aliphatic heterocycles. The molecule has 0 bridgehead atoms. The molecule has 5 heteroatoms. The summed E-state index contributed by atoms with van der Waals surface area (Å²) >= 11 is 0. The van der Waals surface area contributed by atoms with Crippen molar-refractivity contribution in [2.45, 2.75) is 5.54 Å². The SMILES string of the molecule is COc1cc(C2(N3CCOCC3)COC2)ccc1O. The molecular weight excluding hydrogens is 246 g/mol. The van der Waals surface area contributed by atoms with Gasteiger partial charge in [0.05, 0.1) is 39.1 Å². The Bertz CT molecular complexity index is 453. The van der Waals surface area contributed by atoms with Crippen LogP contribution in [0.5, 0.6) is 11.5 Å². The Labute approximate surface area is 112 Å². The third kappa shape index (κ3) is 2.08. The second kappa shape index (κ2) is 5.00. The summed E-state index contributed by atoms with van der Waals surface area (Å²) in [6.45, 7) is 4.70. The van der Waals surface area contributed by atoms with Crippen molar-refractivity contribution in [3.63, 3.8) is 0 Å². The molecule has 1 aromatic rings. The summed E-state index contributed by atoms with van der Waals surface area (Å²) in [6.07, 6.45) is 0. The minimum atomic E-state index is -0.0925. The van der Waals surface area contributed by atoms with Gasteiger partial charge < -0.3 is 19.3 Å². The van der Waals surface area contributed by atoms with Gasteiger partial charge in [0.1, 0.15) is 0 Å². The van der Waals surface area contributed by atoms with Crippen molar-refractivity contribution in [1.29, 1.82) is 0 Å². The molecule has 2 fully saturated rings. The summed E-state index contributed by atoms with van der Waals surface area (Å²) in [6, 6.07) is 5.55. The van der Waals surface area contributed by atoms with Gasteiger partial charge in [-0.05, 0) is 17.7 Å². The molecule has 1 N–H and O–H groups in total. The summed E-state index contributed by atoms with van der Waals surface area (Å²) in [7, 11) is 1.57. The maximum Gasteiger partial charge on any atom is 0.160 e. The lowest BCUT2D eigenvalue weighted by molar-refractivity contribution is -0.166. The van der Waals surface area contributed by atoms with E-state index in [4.69, 9.17) is 14.2 Å². The van der Waals surface area contributed by atoms with E-state index in [1.165, 1.54) is 0 Å². The van der Waals surface area contributed by atoms with Crippen LogP contribution < -0.4 is 4.74 Å². The van der Waals surface area contributed by atoms with E-state index in [1.54, 1.807) is 13.2 Å². The zero-order valence-corrected chi connectivity index (χ0v) is 11.1. The molecule has 2 heterocycles. The van der Waals surface area contributed by atoms with Gasteiger partial charge in [0.25, 0.3) is 0 Å². The number of hydrogen-bond donors (Lipinski definition) is 1. The molecule has 0 amide bonds. The molecule has 1 aromatic carbocycles. The molecule has 2 aliphatic rings. The Hall–Kier alpha value is -1.30. The van der Waals surface area contributed by atoms with E-state index < -0.39 is 0 Å². The van der Waals surface area contributed by atoms with E-state index in [1.807, 2.05) is 12.1 Å². The fourth-order valence-corrected chi connectivity index (χ4v) is 2.79. The van der Waals surface area contributed by atoms with Gasteiger partial charge in [0, 0.05) is 13.1 Å². The van der Waals surface area contributed by atoms with E-state index in [0.29, 0.717) is 19.0 Å². The molecule has 5 nitrogen and oxygen atoms in total. The standard InChI is InChI=1S/C14H19NO4/c1-17-13-8-11(2-3-12(13)16)14(9-19-10-14)15-4-6-18-7-5-15/h2-3,8,16H,4-7,9-10H2,1H3. The first kappa shape index (κ1) is 12.7. The maximum absolute atomic E-state index is 9.71. The number of nitrogens with zero attached hydrogens (tertiary/aromatic N) is 1. The number of rotatable bonds is 3. The Morgan fingerprint density at radius 2 is 1.95 bits per heavy atom. The first-order valence-electron chi connectivity index (χ1n) is 6.54. The normalized spacial score (nSPS) is 22.8. The second-order valence-corrected chi connectivity index (χ2v) is 5.01. The highest BCUT2D eigenvalue weighted by Crippen LogP contribution is 2.40. The van der Waals surface area contributed by atoms with E-state index in [0.717, 1.165) is 31.9 Å². The highest BCUT2D eigenvalue weighted by molar-refractivity contribution is 5.44. The molecular formula is C14H19NO4.